The minimum atomic E-state index is -0.557. The van der Waals surface area contributed by atoms with Gasteiger partial charge in [0.05, 0.1) is 39.7 Å². The van der Waals surface area contributed by atoms with Gasteiger partial charge in [-0.25, -0.2) is 9.78 Å². The number of carbonyl (C=O) groups is 1. The number of nitrogens with one attached hydrogen (secondary N) is 3. The highest BCUT2D eigenvalue weighted by atomic mass is 16.5. The van der Waals surface area contributed by atoms with Crippen LogP contribution < -0.4 is 16.6 Å². The molecular formula is C40H42N6O4. The van der Waals surface area contributed by atoms with Crippen molar-refractivity contribution < 1.29 is 9.53 Å². The predicted molar refractivity (Wildman–Crippen MR) is 198 cm³/mol. The van der Waals surface area contributed by atoms with Crippen molar-refractivity contribution in [2.24, 2.45) is 0 Å². The van der Waals surface area contributed by atoms with Gasteiger partial charge in [0.1, 0.15) is 0 Å². The van der Waals surface area contributed by atoms with E-state index in [1.807, 2.05) is 86.0 Å². The molecule has 1 aliphatic heterocycles. The molecule has 10 heteroatoms. The maximum atomic E-state index is 13.1. The van der Waals surface area contributed by atoms with Crippen LogP contribution in [0, 0.1) is 0 Å². The molecule has 1 saturated heterocycles. The van der Waals surface area contributed by atoms with Crippen LogP contribution in [-0.2, 0) is 16.1 Å². The van der Waals surface area contributed by atoms with Gasteiger partial charge in [-0.15, -0.1) is 0 Å². The molecule has 1 fully saturated rings. The largest absolute Gasteiger partial charge is 0.375 e. The summed E-state index contributed by atoms with van der Waals surface area (Å²) in [6.45, 7) is 8.77. The first-order valence-electron chi connectivity index (χ1n) is 17.2. The summed E-state index contributed by atoms with van der Waals surface area (Å²) in [5.74, 6) is -0.129. The van der Waals surface area contributed by atoms with Crippen molar-refractivity contribution in [3.05, 3.63) is 118 Å². The standard InChI is InChI=1S/C40H42N6O4/c1-4-50-40(2,3)24-36(47)42-29-14-15-34-35(22-29)46(39(49)44-34)30-17-20-45(21-18-30)25-26-10-12-28(13-11-26)37-31(27-8-6-5-7-9-27)23-32-33(43-37)16-19-41-38(32)48/h5-16,19,22-23,30H,4,17-18,20-21,24-25H2,1-3H3,(H,41,48)(H,42,47)(H,44,49). The van der Waals surface area contributed by atoms with Gasteiger partial charge in [0, 0.05) is 55.3 Å². The SMILES string of the molecule is CCOC(C)(C)CC(=O)Nc1ccc2[nH]c(=O)n(C3CCN(Cc4ccc(-c5nc6cc[nH]c(=O)c6cc5-c5ccccc5)cc4)CC3)c2c1. The Balaban J connectivity index is 1.04. The molecule has 0 unspecified atom stereocenters. The lowest BCUT2D eigenvalue weighted by Crippen LogP contribution is -2.36. The third-order valence-electron chi connectivity index (χ3n) is 9.52. The van der Waals surface area contributed by atoms with E-state index in [0.717, 1.165) is 65.9 Å². The number of amides is 1. The minimum Gasteiger partial charge on any atom is -0.375 e. The molecule has 256 valence electrons. The second-order valence-electron chi connectivity index (χ2n) is 13.6. The Morgan fingerprint density at radius 1 is 0.960 bits per heavy atom. The number of anilines is 1. The first-order chi connectivity index (χ1) is 24.2. The van der Waals surface area contributed by atoms with Gasteiger partial charge in [-0.05, 0) is 75.1 Å². The minimum absolute atomic E-state index is 0.0559. The van der Waals surface area contributed by atoms with Gasteiger partial charge in [-0.2, -0.15) is 0 Å². The third kappa shape index (κ3) is 7.03. The molecule has 1 aliphatic rings. The summed E-state index contributed by atoms with van der Waals surface area (Å²) >= 11 is 0. The van der Waals surface area contributed by atoms with Crippen LogP contribution in [0.15, 0.2) is 101 Å². The van der Waals surface area contributed by atoms with Crippen LogP contribution in [0.2, 0.25) is 0 Å². The number of pyridine rings is 2. The van der Waals surface area contributed by atoms with E-state index in [4.69, 9.17) is 9.72 Å². The van der Waals surface area contributed by atoms with Gasteiger partial charge in [0.2, 0.25) is 5.91 Å². The Morgan fingerprint density at radius 3 is 2.46 bits per heavy atom. The lowest BCUT2D eigenvalue weighted by molar-refractivity contribution is -0.122. The number of likely N-dealkylation sites (tertiary alicyclic amines) is 1. The average Bonchev–Trinajstić information content (AvgIpc) is 3.43. The number of ether oxygens (including phenoxy) is 1. The molecule has 50 heavy (non-hydrogen) atoms. The fourth-order valence-electron chi connectivity index (χ4n) is 7.13. The summed E-state index contributed by atoms with van der Waals surface area (Å²) in [7, 11) is 0. The Morgan fingerprint density at radius 2 is 1.72 bits per heavy atom. The molecule has 0 atom stereocenters. The number of imidazole rings is 1. The molecule has 3 N–H and O–H groups in total. The maximum absolute atomic E-state index is 13.1. The molecular weight excluding hydrogens is 628 g/mol. The first kappa shape index (κ1) is 33.2. The number of H-pyrrole nitrogens is 2. The van der Waals surface area contributed by atoms with Crippen molar-refractivity contribution in [2.75, 3.05) is 25.0 Å². The van der Waals surface area contributed by atoms with Crippen LogP contribution in [0.4, 0.5) is 5.69 Å². The van der Waals surface area contributed by atoms with E-state index >= 15 is 0 Å². The Kier molecular flexibility index (Phi) is 9.22. The predicted octanol–water partition coefficient (Wildman–Crippen LogP) is 6.88. The number of aromatic nitrogens is 4. The molecule has 0 spiro atoms. The second kappa shape index (κ2) is 13.9. The van der Waals surface area contributed by atoms with Crippen molar-refractivity contribution >= 4 is 33.5 Å². The Labute approximate surface area is 290 Å². The molecule has 0 bridgehead atoms. The van der Waals surface area contributed by atoms with Crippen LogP contribution in [0.25, 0.3) is 44.3 Å². The van der Waals surface area contributed by atoms with Crippen molar-refractivity contribution in [2.45, 2.75) is 58.2 Å². The van der Waals surface area contributed by atoms with Gasteiger partial charge < -0.3 is 20.0 Å². The number of piperidine rings is 1. The molecule has 6 aromatic rings. The first-order valence-corrected chi connectivity index (χ1v) is 17.2. The van der Waals surface area contributed by atoms with Crippen LogP contribution in [0.1, 0.15) is 51.6 Å². The van der Waals surface area contributed by atoms with Gasteiger partial charge in [-0.1, -0.05) is 54.6 Å². The summed E-state index contributed by atoms with van der Waals surface area (Å²) in [5, 5.41) is 3.55. The zero-order valence-corrected chi connectivity index (χ0v) is 28.7. The van der Waals surface area contributed by atoms with E-state index in [-0.39, 0.29) is 29.6 Å². The van der Waals surface area contributed by atoms with Crippen molar-refractivity contribution in [1.82, 2.24) is 24.4 Å². The summed E-state index contributed by atoms with van der Waals surface area (Å²) in [5.41, 5.74) is 6.97. The number of aromatic amines is 2. The zero-order valence-electron chi connectivity index (χ0n) is 28.7. The average molecular weight is 671 g/mol. The van der Waals surface area contributed by atoms with Crippen LogP contribution in [0.5, 0.6) is 0 Å². The third-order valence-corrected chi connectivity index (χ3v) is 9.52. The summed E-state index contributed by atoms with van der Waals surface area (Å²) in [6, 6.07) is 27.9. The molecule has 0 radical (unpaired) electrons. The molecule has 0 aliphatic carbocycles. The van der Waals surface area contributed by atoms with E-state index in [2.05, 4.69) is 44.5 Å². The van der Waals surface area contributed by atoms with Crippen LogP contribution in [0.3, 0.4) is 0 Å². The summed E-state index contributed by atoms with van der Waals surface area (Å²) in [6.07, 6.45) is 3.54. The highest BCUT2D eigenvalue weighted by Gasteiger charge is 2.25. The zero-order chi connectivity index (χ0) is 34.8. The van der Waals surface area contributed by atoms with Crippen molar-refractivity contribution in [3.8, 4) is 22.4 Å². The number of hydrogen-bond acceptors (Lipinski definition) is 6. The van der Waals surface area contributed by atoms with E-state index in [1.165, 1.54) is 5.56 Å². The number of rotatable bonds is 10. The van der Waals surface area contributed by atoms with Crippen molar-refractivity contribution in [1.29, 1.82) is 0 Å². The molecule has 10 nitrogen and oxygen atoms in total. The highest BCUT2D eigenvalue weighted by molar-refractivity contribution is 5.94. The quantitative estimate of drug-likeness (QED) is 0.146. The number of benzene rings is 3. The van der Waals surface area contributed by atoms with Gasteiger partial charge in [0.25, 0.3) is 5.56 Å². The van der Waals surface area contributed by atoms with Gasteiger partial charge >= 0.3 is 5.69 Å². The fourth-order valence-corrected chi connectivity index (χ4v) is 7.13. The van der Waals surface area contributed by atoms with E-state index in [0.29, 0.717) is 23.2 Å². The second-order valence-corrected chi connectivity index (χ2v) is 13.6. The molecule has 7 rings (SSSR count). The van der Waals surface area contributed by atoms with Gasteiger partial charge in [-0.3, -0.25) is 19.1 Å². The van der Waals surface area contributed by atoms with Crippen LogP contribution in [-0.4, -0.2) is 55.6 Å². The van der Waals surface area contributed by atoms with E-state index in [1.54, 1.807) is 6.20 Å². The fraction of sp³-hybridized carbons (Fsp3) is 0.300. The summed E-state index contributed by atoms with van der Waals surface area (Å²) < 4.78 is 7.54. The maximum Gasteiger partial charge on any atom is 0.326 e. The molecule has 1 amide bonds. The van der Waals surface area contributed by atoms with Gasteiger partial charge in [0.15, 0.2) is 0 Å². The van der Waals surface area contributed by atoms with Crippen LogP contribution >= 0.6 is 0 Å². The summed E-state index contributed by atoms with van der Waals surface area (Å²) in [4.78, 5) is 51.6. The van der Waals surface area contributed by atoms with Crippen molar-refractivity contribution in [3.63, 3.8) is 0 Å². The molecule has 4 heterocycles. The Hall–Kier alpha value is -5.32. The number of nitrogens with zero attached hydrogens (tertiary/aromatic N) is 3. The topological polar surface area (TPSA) is 125 Å². The Bertz CT molecular complexity index is 2260. The number of fused-ring (bicyclic) bond motifs is 2. The molecule has 3 aromatic heterocycles. The molecule has 0 saturated carbocycles. The van der Waals surface area contributed by atoms with E-state index in [9.17, 15) is 14.4 Å². The molecule has 3 aromatic carbocycles. The normalized spacial score (nSPS) is 14.4. The monoisotopic (exact) mass is 670 g/mol. The number of hydrogen-bond donors (Lipinski definition) is 3. The highest BCUT2D eigenvalue weighted by Crippen LogP contribution is 2.33. The van der Waals surface area contributed by atoms with E-state index < -0.39 is 5.60 Å². The lowest BCUT2D eigenvalue weighted by atomic mass is 9.97. The smallest absolute Gasteiger partial charge is 0.326 e. The lowest BCUT2D eigenvalue weighted by Gasteiger charge is -2.32. The number of carbonyl (C=O) groups excluding carboxylic acids is 1.